The Bertz CT molecular complexity index is 687. The highest BCUT2D eigenvalue weighted by molar-refractivity contribution is 9.10. The van der Waals surface area contributed by atoms with Crippen molar-refractivity contribution < 1.29 is 27.4 Å². The SMILES string of the molecule is CC=CC1C(C(=O)OCc2c(F)c(F)c(COC)c(F)c2Br)C1(C)C. The molecule has 1 aromatic rings. The highest BCUT2D eigenvalue weighted by atomic mass is 79.9. The van der Waals surface area contributed by atoms with E-state index in [4.69, 9.17) is 4.74 Å². The second kappa shape index (κ2) is 7.50. The van der Waals surface area contributed by atoms with Gasteiger partial charge in [0, 0.05) is 12.7 Å². The molecule has 0 heterocycles. The van der Waals surface area contributed by atoms with Crippen LogP contribution in [0.1, 0.15) is 31.9 Å². The molecule has 0 aliphatic heterocycles. The molecule has 0 bridgehead atoms. The Morgan fingerprint density at radius 2 is 1.76 bits per heavy atom. The highest BCUT2D eigenvalue weighted by Crippen LogP contribution is 2.59. The molecule has 0 amide bonds. The van der Waals surface area contributed by atoms with Gasteiger partial charge in [0.05, 0.1) is 22.6 Å². The monoisotopic (exact) mass is 420 g/mol. The van der Waals surface area contributed by atoms with Crippen LogP contribution in [-0.2, 0) is 27.5 Å². The molecule has 2 atom stereocenters. The standard InChI is InChI=1S/C18H20BrF3O3/c1-5-6-11-12(18(11,2)3)17(23)25-8-9-13(19)14(20)10(7-24-4)16(22)15(9)21/h5-6,11-12H,7-8H2,1-4H3. The minimum absolute atomic E-state index is 0.0378. The fraction of sp³-hybridized carbons (Fsp3) is 0.500. The summed E-state index contributed by atoms with van der Waals surface area (Å²) in [6.07, 6.45) is 3.77. The first-order chi connectivity index (χ1) is 11.7. The number of hydrogen-bond acceptors (Lipinski definition) is 3. The summed E-state index contributed by atoms with van der Waals surface area (Å²) in [4.78, 5) is 12.2. The number of rotatable bonds is 6. The minimum atomic E-state index is -1.34. The lowest BCUT2D eigenvalue weighted by Gasteiger charge is -2.13. The molecule has 2 rings (SSSR count). The van der Waals surface area contributed by atoms with Crippen LogP contribution in [0.5, 0.6) is 0 Å². The second-order valence-corrected chi connectivity index (χ2v) is 7.40. The molecule has 138 valence electrons. The zero-order valence-electron chi connectivity index (χ0n) is 14.5. The van der Waals surface area contributed by atoms with Crippen LogP contribution in [0, 0.1) is 34.7 Å². The molecule has 0 radical (unpaired) electrons. The van der Waals surface area contributed by atoms with E-state index in [0.29, 0.717) is 0 Å². The normalized spacial score (nSPS) is 21.6. The summed E-state index contributed by atoms with van der Waals surface area (Å²) in [6.45, 7) is 4.75. The van der Waals surface area contributed by atoms with E-state index >= 15 is 0 Å². The average molecular weight is 421 g/mol. The molecule has 1 saturated carbocycles. The summed E-state index contributed by atoms with van der Waals surface area (Å²) in [5.74, 6) is -4.39. The van der Waals surface area contributed by atoms with Crippen LogP contribution in [0.3, 0.4) is 0 Å². The third kappa shape index (κ3) is 3.62. The minimum Gasteiger partial charge on any atom is -0.460 e. The van der Waals surface area contributed by atoms with E-state index in [1.807, 2.05) is 32.9 Å². The van der Waals surface area contributed by atoms with Crippen LogP contribution in [0.25, 0.3) is 0 Å². The van der Waals surface area contributed by atoms with Gasteiger partial charge in [-0.05, 0) is 34.2 Å². The van der Waals surface area contributed by atoms with Gasteiger partial charge in [-0.1, -0.05) is 26.0 Å². The van der Waals surface area contributed by atoms with Crippen LogP contribution in [0.2, 0.25) is 0 Å². The highest BCUT2D eigenvalue weighted by Gasteiger charge is 2.61. The molecule has 0 N–H and O–H groups in total. The molecule has 0 saturated heterocycles. The Kier molecular flexibility index (Phi) is 5.99. The van der Waals surface area contributed by atoms with Gasteiger partial charge in [-0.25, -0.2) is 13.2 Å². The van der Waals surface area contributed by atoms with Crippen molar-refractivity contribution in [3.63, 3.8) is 0 Å². The lowest BCUT2D eigenvalue weighted by Crippen LogP contribution is -2.13. The van der Waals surface area contributed by atoms with Crippen molar-refractivity contribution in [1.29, 1.82) is 0 Å². The third-order valence-electron chi connectivity index (χ3n) is 4.66. The molecule has 2 unspecified atom stereocenters. The fourth-order valence-corrected chi connectivity index (χ4v) is 3.58. The Morgan fingerprint density at radius 1 is 1.16 bits per heavy atom. The predicted octanol–water partition coefficient (Wildman–Crippen LogP) is 4.90. The van der Waals surface area contributed by atoms with E-state index < -0.39 is 42.2 Å². The fourth-order valence-electron chi connectivity index (χ4n) is 3.05. The maximum absolute atomic E-state index is 14.2. The van der Waals surface area contributed by atoms with Crippen LogP contribution in [0.4, 0.5) is 13.2 Å². The van der Waals surface area contributed by atoms with Gasteiger partial charge in [-0.3, -0.25) is 4.79 Å². The Hall–Kier alpha value is -1.34. The van der Waals surface area contributed by atoms with Crippen molar-refractivity contribution in [3.05, 3.63) is 45.2 Å². The number of carbonyl (C=O) groups is 1. The van der Waals surface area contributed by atoms with E-state index in [1.54, 1.807) is 0 Å². The number of carbonyl (C=O) groups excluding carboxylic acids is 1. The number of hydrogen-bond donors (Lipinski definition) is 0. The van der Waals surface area contributed by atoms with Crippen LogP contribution >= 0.6 is 15.9 Å². The van der Waals surface area contributed by atoms with E-state index in [-0.39, 0.29) is 27.3 Å². The van der Waals surface area contributed by atoms with Crippen molar-refractivity contribution in [1.82, 2.24) is 0 Å². The first-order valence-electron chi connectivity index (χ1n) is 7.80. The van der Waals surface area contributed by atoms with Gasteiger partial charge in [-0.2, -0.15) is 0 Å². The summed E-state index contributed by atoms with van der Waals surface area (Å²) in [5, 5.41) is 0. The van der Waals surface area contributed by atoms with E-state index in [9.17, 15) is 18.0 Å². The summed E-state index contributed by atoms with van der Waals surface area (Å²) >= 11 is 2.91. The number of methoxy groups -OCH3 is 1. The van der Waals surface area contributed by atoms with Crippen LogP contribution < -0.4 is 0 Å². The van der Waals surface area contributed by atoms with Crippen molar-refractivity contribution >= 4 is 21.9 Å². The van der Waals surface area contributed by atoms with Crippen LogP contribution in [0.15, 0.2) is 16.6 Å². The quantitative estimate of drug-likeness (QED) is 0.372. The summed E-state index contributed by atoms with van der Waals surface area (Å²) < 4.78 is 51.9. The first kappa shape index (κ1) is 20.0. The van der Waals surface area contributed by atoms with Gasteiger partial charge in [0.15, 0.2) is 11.6 Å². The smallest absolute Gasteiger partial charge is 0.310 e. The molecule has 0 aromatic heterocycles. The largest absolute Gasteiger partial charge is 0.460 e. The zero-order chi connectivity index (χ0) is 18.9. The van der Waals surface area contributed by atoms with Gasteiger partial charge >= 0.3 is 5.97 Å². The molecule has 7 heteroatoms. The molecular formula is C18H20BrF3O3. The second-order valence-electron chi connectivity index (χ2n) is 6.60. The van der Waals surface area contributed by atoms with Gasteiger partial charge < -0.3 is 9.47 Å². The number of esters is 1. The molecule has 3 nitrogen and oxygen atoms in total. The van der Waals surface area contributed by atoms with Crippen molar-refractivity contribution in [2.75, 3.05) is 7.11 Å². The van der Waals surface area contributed by atoms with Gasteiger partial charge in [0.25, 0.3) is 0 Å². The summed E-state index contributed by atoms with van der Waals surface area (Å²) in [5.41, 5.74) is -1.14. The average Bonchev–Trinajstić information content (AvgIpc) is 3.10. The van der Waals surface area contributed by atoms with Gasteiger partial charge in [0.2, 0.25) is 0 Å². The summed E-state index contributed by atoms with van der Waals surface area (Å²) in [6, 6.07) is 0. The number of halogens is 4. The van der Waals surface area contributed by atoms with Crippen LogP contribution in [-0.4, -0.2) is 13.1 Å². The number of allylic oxidation sites excluding steroid dienone is 2. The molecule has 1 aliphatic rings. The molecule has 1 aliphatic carbocycles. The molecule has 1 aromatic carbocycles. The van der Waals surface area contributed by atoms with Crippen molar-refractivity contribution in [3.8, 4) is 0 Å². The zero-order valence-corrected chi connectivity index (χ0v) is 16.0. The topological polar surface area (TPSA) is 35.5 Å². The van der Waals surface area contributed by atoms with E-state index in [1.165, 1.54) is 7.11 Å². The van der Waals surface area contributed by atoms with E-state index in [0.717, 1.165) is 0 Å². The van der Waals surface area contributed by atoms with E-state index in [2.05, 4.69) is 20.7 Å². The molecule has 1 fully saturated rings. The molecule has 0 spiro atoms. The first-order valence-corrected chi connectivity index (χ1v) is 8.59. The third-order valence-corrected chi connectivity index (χ3v) is 5.48. The number of benzene rings is 1. The summed E-state index contributed by atoms with van der Waals surface area (Å²) in [7, 11) is 1.25. The Morgan fingerprint density at radius 3 is 2.32 bits per heavy atom. The Balaban J connectivity index is 2.18. The van der Waals surface area contributed by atoms with Gasteiger partial charge in [-0.15, -0.1) is 0 Å². The molecule has 25 heavy (non-hydrogen) atoms. The number of ether oxygens (including phenoxy) is 2. The van der Waals surface area contributed by atoms with Gasteiger partial charge in [0.1, 0.15) is 12.4 Å². The maximum atomic E-state index is 14.2. The maximum Gasteiger partial charge on any atom is 0.310 e. The Labute approximate surface area is 153 Å². The molecular weight excluding hydrogens is 401 g/mol. The van der Waals surface area contributed by atoms with Crippen molar-refractivity contribution in [2.45, 2.75) is 34.0 Å². The predicted molar refractivity (Wildman–Crippen MR) is 90.1 cm³/mol. The lowest BCUT2D eigenvalue weighted by molar-refractivity contribution is -0.147. The van der Waals surface area contributed by atoms with Crippen molar-refractivity contribution in [2.24, 2.45) is 17.3 Å². The lowest BCUT2D eigenvalue weighted by atomic mass is 10.1.